The average Bonchev–Trinajstić information content (AvgIpc) is 3.14. The van der Waals surface area contributed by atoms with Gasteiger partial charge in [-0.25, -0.2) is 0 Å². The summed E-state index contributed by atoms with van der Waals surface area (Å²) in [6, 6.07) is -0.798. The minimum atomic E-state index is -0.399. The van der Waals surface area contributed by atoms with Crippen LogP contribution in [0.2, 0.25) is 0 Å². The van der Waals surface area contributed by atoms with Gasteiger partial charge in [0.15, 0.2) is 0 Å². The maximum absolute atomic E-state index is 12.3. The molecule has 0 radical (unpaired) electrons. The quantitative estimate of drug-likeness (QED) is 0.0609. The molecule has 12 heteroatoms. The third-order valence-electron chi connectivity index (χ3n) is 11.7. The van der Waals surface area contributed by atoms with Crippen molar-refractivity contribution in [2.45, 2.75) is 115 Å². The number of carbonyl (C=O) groups is 2. The Labute approximate surface area is 305 Å². The molecule has 0 aromatic carbocycles. The number of rotatable bonds is 26. The minimum absolute atomic E-state index is 0.00164. The Bertz CT molecular complexity index is 804. The number of hydrogen-bond acceptors (Lipinski definition) is 10. The number of piperazine rings is 1. The van der Waals surface area contributed by atoms with E-state index in [0.29, 0.717) is 24.9 Å². The fourth-order valence-corrected chi connectivity index (χ4v) is 8.02. The van der Waals surface area contributed by atoms with Crippen LogP contribution in [0.4, 0.5) is 0 Å². The van der Waals surface area contributed by atoms with Gasteiger partial charge in [0.25, 0.3) is 0 Å². The highest BCUT2D eigenvalue weighted by atomic mass is 16.2. The Morgan fingerprint density at radius 3 is 1.20 bits per heavy atom. The molecule has 3 aliphatic rings. The SMILES string of the molecule is NCCCCC(N)C(=O)NCC1CCC(CNCCCN2CCN(CCCNCC3CCC(CNC(=O)C(N)CCCCN)CC3)CC2)CC1. The molecule has 292 valence electrons. The summed E-state index contributed by atoms with van der Waals surface area (Å²) in [6.07, 6.45) is 17.4. The zero-order valence-electron chi connectivity index (χ0n) is 31.7. The first-order chi connectivity index (χ1) is 24.4. The fourth-order valence-electron chi connectivity index (χ4n) is 8.02. The summed E-state index contributed by atoms with van der Waals surface area (Å²) in [6.45, 7) is 14.5. The lowest BCUT2D eigenvalue weighted by Crippen LogP contribution is -2.47. The van der Waals surface area contributed by atoms with Gasteiger partial charge in [-0.05, 0) is 166 Å². The van der Waals surface area contributed by atoms with E-state index < -0.39 is 12.1 Å². The number of hydrogen-bond donors (Lipinski definition) is 8. The molecular formula is C38H78N10O2. The van der Waals surface area contributed by atoms with E-state index in [1.807, 2.05) is 0 Å². The number of amides is 2. The number of nitrogens with zero attached hydrogens (tertiary/aromatic N) is 2. The summed E-state index contributed by atoms with van der Waals surface area (Å²) >= 11 is 0. The van der Waals surface area contributed by atoms with Crippen LogP contribution in [0.1, 0.15) is 103 Å². The summed E-state index contributed by atoms with van der Waals surface area (Å²) in [5.41, 5.74) is 23.1. The van der Waals surface area contributed by atoms with Gasteiger partial charge in [0.2, 0.25) is 11.8 Å². The molecule has 2 aliphatic carbocycles. The number of nitrogens with two attached hydrogens (primary N) is 4. The largest absolute Gasteiger partial charge is 0.354 e. The van der Waals surface area contributed by atoms with Gasteiger partial charge in [-0.3, -0.25) is 9.59 Å². The number of unbranched alkanes of at least 4 members (excludes halogenated alkanes) is 2. The van der Waals surface area contributed by atoms with Crippen molar-refractivity contribution in [1.82, 2.24) is 31.1 Å². The predicted molar refractivity (Wildman–Crippen MR) is 207 cm³/mol. The maximum Gasteiger partial charge on any atom is 0.236 e. The van der Waals surface area contributed by atoms with Gasteiger partial charge in [-0.15, -0.1) is 0 Å². The molecule has 0 aromatic heterocycles. The number of carbonyl (C=O) groups excluding carboxylic acids is 2. The van der Waals surface area contributed by atoms with Crippen molar-refractivity contribution in [2.24, 2.45) is 46.6 Å². The molecule has 3 rings (SSSR count). The normalized spacial score (nSPS) is 24.9. The second-order valence-corrected chi connectivity index (χ2v) is 15.8. The lowest BCUT2D eigenvalue weighted by Gasteiger charge is -2.35. The van der Waals surface area contributed by atoms with E-state index in [0.717, 1.165) is 89.6 Å². The third-order valence-corrected chi connectivity index (χ3v) is 11.7. The molecule has 1 aliphatic heterocycles. The highest BCUT2D eigenvalue weighted by Crippen LogP contribution is 2.29. The summed E-state index contributed by atoms with van der Waals surface area (Å²) in [7, 11) is 0. The molecule has 2 unspecified atom stereocenters. The smallest absolute Gasteiger partial charge is 0.236 e. The molecule has 12 N–H and O–H groups in total. The Hall–Kier alpha value is -1.38. The molecule has 2 atom stereocenters. The van der Waals surface area contributed by atoms with Crippen LogP contribution in [0.25, 0.3) is 0 Å². The monoisotopic (exact) mass is 707 g/mol. The van der Waals surface area contributed by atoms with E-state index in [1.54, 1.807) is 0 Å². The van der Waals surface area contributed by atoms with Crippen molar-refractivity contribution < 1.29 is 9.59 Å². The summed E-state index contributed by atoms with van der Waals surface area (Å²) in [5, 5.41) is 13.6. The Kier molecular flexibility index (Phi) is 22.7. The van der Waals surface area contributed by atoms with Gasteiger partial charge in [0.05, 0.1) is 12.1 Å². The van der Waals surface area contributed by atoms with E-state index >= 15 is 0 Å². The van der Waals surface area contributed by atoms with Crippen LogP contribution < -0.4 is 44.2 Å². The van der Waals surface area contributed by atoms with Gasteiger partial charge in [0, 0.05) is 39.3 Å². The molecule has 0 spiro atoms. The van der Waals surface area contributed by atoms with Crippen molar-refractivity contribution in [2.75, 3.05) is 91.6 Å². The lowest BCUT2D eigenvalue weighted by molar-refractivity contribution is -0.123. The first-order valence-corrected chi connectivity index (χ1v) is 20.7. The Morgan fingerprint density at radius 2 is 0.860 bits per heavy atom. The van der Waals surface area contributed by atoms with Crippen molar-refractivity contribution in [3.63, 3.8) is 0 Å². The van der Waals surface area contributed by atoms with E-state index in [9.17, 15) is 9.59 Å². The van der Waals surface area contributed by atoms with Crippen molar-refractivity contribution in [3.8, 4) is 0 Å². The predicted octanol–water partition coefficient (Wildman–Crippen LogP) is 1.32. The molecule has 50 heavy (non-hydrogen) atoms. The van der Waals surface area contributed by atoms with Gasteiger partial charge in [-0.1, -0.05) is 12.8 Å². The zero-order valence-corrected chi connectivity index (χ0v) is 31.7. The summed E-state index contributed by atoms with van der Waals surface area (Å²) in [4.78, 5) is 29.8. The van der Waals surface area contributed by atoms with Gasteiger partial charge < -0.3 is 54.0 Å². The molecular weight excluding hydrogens is 628 g/mol. The average molecular weight is 707 g/mol. The van der Waals surface area contributed by atoms with Crippen molar-refractivity contribution in [1.29, 1.82) is 0 Å². The van der Waals surface area contributed by atoms with Crippen LogP contribution in [0.3, 0.4) is 0 Å². The molecule has 2 saturated carbocycles. The second kappa shape index (κ2) is 26.4. The van der Waals surface area contributed by atoms with Crippen molar-refractivity contribution in [3.05, 3.63) is 0 Å². The standard InChI is InChI=1S/C38H78N10O2/c39-17-3-1-7-35(41)37(49)45-29-33-13-9-31(10-14-33)27-43-19-5-21-47-23-25-48(26-24-47)22-6-20-44-28-32-11-15-34(16-12-32)30-46-38(50)36(42)8-2-4-18-40/h31-36,43-44H,1-30,39-42H2,(H,45,49)(H,46,50). The van der Waals surface area contributed by atoms with Crippen LogP contribution in [0.5, 0.6) is 0 Å². The van der Waals surface area contributed by atoms with Crippen LogP contribution in [0, 0.1) is 23.7 Å². The fraction of sp³-hybridized carbons (Fsp3) is 0.947. The van der Waals surface area contributed by atoms with Crippen LogP contribution >= 0.6 is 0 Å². The maximum atomic E-state index is 12.3. The lowest BCUT2D eigenvalue weighted by atomic mass is 9.82. The molecule has 2 amide bonds. The molecule has 0 aromatic rings. The van der Waals surface area contributed by atoms with E-state index in [-0.39, 0.29) is 11.8 Å². The first kappa shape index (κ1) is 43.0. The highest BCUT2D eigenvalue weighted by molar-refractivity contribution is 5.81. The van der Waals surface area contributed by atoms with Crippen LogP contribution in [0.15, 0.2) is 0 Å². The topological polar surface area (TPSA) is 193 Å². The number of nitrogens with one attached hydrogen (secondary N) is 4. The molecule has 1 saturated heterocycles. The van der Waals surface area contributed by atoms with Crippen LogP contribution in [-0.4, -0.2) is 125 Å². The van der Waals surface area contributed by atoms with Crippen molar-refractivity contribution >= 4 is 11.8 Å². The summed E-state index contributed by atoms with van der Waals surface area (Å²) in [5.74, 6) is 2.71. The molecule has 1 heterocycles. The molecule has 3 fully saturated rings. The van der Waals surface area contributed by atoms with Gasteiger partial charge in [-0.2, -0.15) is 0 Å². The van der Waals surface area contributed by atoms with E-state index in [2.05, 4.69) is 31.1 Å². The highest BCUT2D eigenvalue weighted by Gasteiger charge is 2.24. The minimum Gasteiger partial charge on any atom is -0.354 e. The first-order valence-electron chi connectivity index (χ1n) is 20.7. The van der Waals surface area contributed by atoms with Gasteiger partial charge >= 0.3 is 0 Å². The van der Waals surface area contributed by atoms with Gasteiger partial charge in [0.1, 0.15) is 0 Å². The molecule has 12 nitrogen and oxygen atoms in total. The van der Waals surface area contributed by atoms with E-state index in [1.165, 1.54) is 103 Å². The third kappa shape index (κ3) is 18.4. The molecule has 0 bridgehead atoms. The Balaban J connectivity index is 1.08. The zero-order chi connectivity index (χ0) is 35.8. The van der Waals surface area contributed by atoms with Crippen LogP contribution in [-0.2, 0) is 9.59 Å². The second-order valence-electron chi connectivity index (χ2n) is 15.8. The van der Waals surface area contributed by atoms with E-state index in [4.69, 9.17) is 22.9 Å². The Morgan fingerprint density at radius 1 is 0.520 bits per heavy atom. The summed E-state index contributed by atoms with van der Waals surface area (Å²) < 4.78 is 0.